The van der Waals surface area contributed by atoms with E-state index in [-0.39, 0.29) is 17.4 Å². The lowest BCUT2D eigenvalue weighted by Crippen LogP contribution is -2.40. The number of carbonyl (C=O) groups excluding carboxylic acids is 1. The fourth-order valence-electron chi connectivity index (χ4n) is 3.66. The Kier molecular flexibility index (Phi) is 7.37. The number of halogens is 3. The molecule has 0 fully saturated rings. The molecule has 1 aliphatic rings. The first kappa shape index (κ1) is 25.2. The van der Waals surface area contributed by atoms with E-state index in [1.165, 1.54) is 15.9 Å². The van der Waals surface area contributed by atoms with Crippen LogP contribution in [0.2, 0.25) is 5.02 Å². The molecule has 0 radical (unpaired) electrons. The lowest BCUT2D eigenvalue weighted by Gasteiger charge is -2.25. The zero-order valence-electron chi connectivity index (χ0n) is 18.3. The fraction of sp³-hybridized carbons (Fsp3) is 0.208. The minimum atomic E-state index is -0.724. The van der Waals surface area contributed by atoms with Gasteiger partial charge in [-0.15, -0.1) is 0 Å². The van der Waals surface area contributed by atoms with Crippen LogP contribution < -0.4 is 14.9 Å². The normalized spacial score (nSPS) is 16.0. The van der Waals surface area contributed by atoms with Gasteiger partial charge >= 0.3 is 5.97 Å². The van der Waals surface area contributed by atoms with E-state index in [2.05, 4.69) is 20.9 Å². The summed E-state index contributed by atoms with van der Waals surface area (Å²) in [6, 6.07) is 9.80. The van der Waals surface area contributed by atoms with Crippen LogP contribution in [0.5, 0.6) is 5.75 Å². The van der Waals surface area contributed by atoms with Gasteiger partial charge < -0.3 is 9.84 Å². The predicted octanol–water partition coefficient (Wildman–Crippen LogP) is 4.91. The van der Waals surface area contributed by atoms with E-state index in [1.807, 2.05) is 22.6 Å². The average molecular weight is 674 g/mol. The summed E-state index contributed by atoms with van der Waals surface area (Å²) in [5.74, 6) is -0.439. The van der Waals surface area contributed by atoms with Gasteiger partial charge in [-0.1, -0.05) is 51.0 Å². The molecule has 2 aromatic carbocycles. The molecule has 1 aliphatic heterocycles. The largest absolute Gasteiger partial charge is 0.506 e. The summed E-state index contributed by atoms with van der Waals surface area (Å²) in [7, 11) is 0. The first-order chi connectivity index (χ1) is 16.1. The number of phenolic OH excluding ortho intramolecular Hbond substituents is 1. The number of thiazole rings is 1. The molecular weight excluding hydrogens is 655 g/mol. The molecule has 1 atom stereocenters. The van der Waals surface area contributed by atoms with Gasteiger partial charge in [-0.2, -0.15) is 0 Å². The molecule has 34 heavy (non-hydrogen) atoms. The summed E-state index contributed by atoms with van der Waals surface area (Å²) in [5.41, 5.74) is 1.68. The zero-order valence-corrected chi connectivity index (χ0v) is 23.6. The number of nitrogens with zero attached hydrogens (tertiary/aromatic N) is 2. The first-order valence-electron chi connectivity index (χ1n) is 10.2. The van der Waals surface area contributed by atoms with Crippen LogP contribution in [0.15, 0.2) is 61.9 Å². The molecule has 4 rings (SSSR count). The van der Waals surface area contributed by atoms with Crippen molar-refractivity contribution in [3.63, 3.8) is 0 Å². The van der Waals surface area contributed by atoms with Gasteiger partial charge in [-0.05, 0) is 79.3 Å². The van der Waals surface area contributed by atoms with Gasteiger partial charge in [0.1, 0.15) is 5.75 Å². The monoisotopic (exact) mass is 672 g/mol. The van der Waals surface area contributed by atoms with Crippen molar-refractivity contribution >= 4 is 73.5 Å². The molecule has 0 spiro atoms. The number of aromatic hydroxyl groups is 1. The third-order valence-electron chi connectivity index (χ3n) is 5.11. The molecule has 10 heteroatoms. The predicted molar refractivity (Wildman–Crippen MR) is 145 cm³/mol. The highest BCUT2D eigenvalue weighted by Gasteiger charge is 2.33. The van der Waals surface area contributed by atoms with Gasteiger partial charge in [-0.25, -0.2) is 9.79 Å². The molecule has 0 amide bonds. The van der Waals surface area contributed by atoms with Crippen LogP contribution in [0.4, 0.5) is 0 Å². The number of ether oxygens (including phenoxy) is 1. The van der Waals surface area contributed by atoms with Crippen LogP contribution >= 0.6 is 61.5 Å². The van der Waals surface area contributed by atoms with E-state index in [9.17, 15) is 14.7 Å². The summed E-state index contributed by atoms with van der Waals surface area (Å²) in [6.07, 6.45) is 1.31. The van der Waals surface area contributed by atoms with Crippen molar-refractivity contribution < 1.29 is 14.6 Å². The first-order valence-corrected chi connectivity index (χ1v) is 13.3. The van der Waals surface area contributed by atoms with E-state index in [1.54, 1.807) is 63.2 Å². The zero-order chi connectivity index (χ0) is 24.7. The molecular formula is C24H19BrClIN2O4S. The highest BCUT2D eigenvalue weighted by atomic mass is 127. The molecule has 1 aromatic heterocycles. The number of fused-ring (bicyclic) bond motifs is 1. The second kappa shape index (κ2) is 9.96. The van der Waals surface area contributed by atoms with Crippen LogP contribution in [-0.2, 0) is 9.53 Å². The molecule has 0 unspecified atom stereocenters. The maximum atomic E-state index is 13.6. The highest BCUT2D eigenvalue weighted by Crippen LogP contribution is 2.32. The van der Waals surface area contributed by atoms with Crippen molar-refractivity contribution in [3.8, 4) is 5.75 Å². The molecule has 0 bridgehead atoms. The second-order valence-corrected chi connectivity index (χ2v) is 11.4. The molecule has 1 N–H and O–H groups in total. The van der Waals surface area contributed by atoms with Gasteiger partial charge in [0, 0.05) is 15.1 Å². The van der Waals surface area contributed by atoms with Crippen LogP contribution in [0.3, 0.4) is 0 Å². The Morgan fingerprint density at radius 3 is 2.65 bits per heavy atom. The minimum absolute atomic E-state index is 0.0845. The maximum Gasteiger partial charge on any atom is 0.338 e. The van der Waals surface area contributed by atoms with Gasteiger partial charge in [0.25, 0.3) is 5.56 Å². The molecule has 0 saturated heterocycles. The number of carbonyl (C=O) groups is 1. The smallest absolute Gasteiger partial charge is 0.338 e. The quantitative estimate of drug-likeness (QED) is 0.316. The Labute approximate surface area is 226 Å². The molecule has 2 heterocycles. The number of hydrogen-bond acceptors (Lipinski definition) is 6. The Morgan fingerprint density at radius 1 is 1.32 bits per heavy atom. The lowest BCUT2D eigenvalue weighted by atomic mass is 9.96. The molecule has 3 aromatic rings. The van der Waals surface area contributed by atoms with Crippen molar-refractivity contribution in [2.24, 2.45) is 4.99 Å². The van der Waals surface area contributed by atoms with E-state index < -0.39 is 12.0 Å². The number of aromatic nitrogens is 1. The fourth-order valence-corrected chi connectivity index (χ4v) is 6.37. The number of rotatable bonds is 4. The van der Waals surface area contributed by atoms with E-state index in [0.29, 0.717) is 40.3 Å². The summed E-state index contributed by atoms with van der Waals surface area (Å²) >= 11 is 12.8. The van der Waals surface area contributed by atoms with Gasteiger partial charge in [-0.3, -0.25) is 9.36 Å². The Balaban J connectivity index is 1.97. The Bertz CT molecular complexity index is 1510. The van der Waals surface area contributed by atoms with Crippen molar-refractivity contribution in [1.82, 2.24) is 4.57 Å². The lowest BCUT2D eigenvalue weighted by molar-refractivity contribution is -0.143. The molecule has 176 valence electrons. The van der Waals surface area contributed by atoms with E-state index in [4.69, 9.17) is 16.3 Å². The van der Waals surface area contributed by atoms with Crippen molar-refractivity contribution in [2.45, 2.75) is 32.9 Å². The second-order valence-electron chi connectivity index (χ2n) is 7.91. The third kappa shape index (κ3) is 4.89. The topological polar surface area (TPSA) is 80.9 Å². The maximum absolute atomic E-state index is 13.6. The minimum Gasteiger partial charge on any atom is -0.506 e. The molecule has 0 saturated carbocycles. The average Bonchev–Trinajstić information content (AvgIpc) is 3.05. The molecule has 6 nitrogen and oxygen atoms in total. The van der Waals surface area contributed by atoms with Crippen LogP contribution in [0.25, 0.3) is 6.08 Å². The summed E-state index contributed by atoms with van der Waals surface area (Å²) in [5, 5.41) is 11.0. The standard InChI is InChI=1S/C24H19BrClIN2O4S/c1-11(2)33-23(32)19-12(3)28-24-29(20(19)13-4-6-16(26)7-5-13)22(31)18(34-24)9-14-8-15(25)10-17(27)21(14)30/h4-11,20,30H,1-3H3/b18-9+/t20-/m0/s1. The number of hydrogen-bond donors (Lipinski definition) is 1. The third-order valence-corrected chi connectivity index (χ3v) is 7.63. The summed E-state index contributed by atoms with van der Waals surface area (Å²) in [4.78, 5) is 31.7. The highest BCUT2D eigenvalue weighted by molar-refractivity contribution is 14.1. The van der Waals surface area contributed by atoms with Crippen LogP contribution in [-0.4, -0.2) is 21.7 Å². The van der Waals surface area contributed by atoms with Gasteiger partial charge in [0.2, 0.25) is 0 Å². The Hall–Kier alpha value is -1.95. The summed E-state index contributed by atoms with van der Waals surface area (Å²) < 4.78 is 8.81. The van der Waals surface area contributed by atoms with E-state index in [0.717, 1.165) is 4.47 Å². The summed E-state index contributed by atoms with van der Waals surface area (Å²) in [6.45, 7) is 5.28. The van der Waals surface area contributed by atoms with Gasteiger partial charge in [0.15, 0.2) is 4.80 Å². The number of allylic oxidation sites excluding steroid dienone is 1. The van der Waals surface area contributed by atoms with Gasteiger partial charge in [0.05, 0.1) is 31.5 Å². The van der Waals surface area contributed by atoms with E-state index >= 15 is 0 Å². The van der Waals surface area contributed by atoms with Crippen LogP contribution in [0, 0.1) is 3.57 Å². The number of phenols is 1. The number of benzene rings is 2. The van der Waals surface area contributed by atoms with Crippen LogP contribution in [0.1, 0.15) is 37.9 Å². The van der Waals surface area contributed by atoms with Crippen molar-refractivity contribution in [1.29, 1.82) is 0 Å². The van der Waals surface area contributed by atoms with Crippen molar-refractivity contribution in [3.05, 3.63) is 91.5 Å². The van der Waals surface area contributed by atoms with Crippen molar-refractivity contribution in [2.75, 3.05) is 0 Å². The number of esters is 1. The Morgan fingerprint density at radius 2 is 2.00 bits per heavy atom. The molecule has 0 aliphatic carbocycles. The SMILES string of the molecule is CC1=C(C(=O)OC(C)C)[C@H](c2ccc(Cl)cc2)n2c(s/c(=C/c3cc(Br)cc(I)c3O)c2=O)=N1.